The molecular formula is C10H12N2. The fourth-order valence-electron chi connectivity index (χ4n) is 1.10. The van der Waals surface area contributed by atoms with E-state index in [9.17, 15) is 0 Å². The van der Waals surface area contributed by atoms with Crippen LogP contribution in [-0.2, 0) is 0 Å². The Bertz CT molecular complexity index is 299. The van der Waals surface area contributed by atoms with Gasteiger partial charge in [0.1, 0.15) is 6.04 Å². The zero-order valence-corrected chi connectivity index (χ0v) is 7.33. The molecule has 0 aliphatic carbocycles. The van der Waals surface area contributed by atoms with Crippen molar-refractivity contribution < 1.29 is 0 Å². The molecule has 1 aromatic heterocycles. The van der Waals surface area contributed by atoms with E-state index in [2.05, 4.69) is 16.2 Å². The molecule has 1 N–H and O–H groups in total. The van der Waals surface area contributed by atoms with Crippen LogP contribution in [0.5, 0.6) is 0 Å². The van der Waals surface area contributed by atoms with Crippen LogP contribution in [0, 0.1) is 19.3 Å². The molecule has 0 aliphatic rings. The summed E-state index contributed by atoms with van der Waals surface area (Å²) < 4.78 is 0. The van der Waals surface area contributed by atoms with E-state index in [1.54, 1.807) is 6.20 Å². The van der Waals surface area contributed by atoms with E-state index in [0.29, 0.717) is 0 Å². The second-order valence-corrected chi connectivity index (χ2v) is 2.59. The summed E-state index contributed by atoms with van der Waals surface area (Å²) in [6, 6.07) is 3.83. The average molecular weight is 160 g/mol. The van der Waals surface area contributed by atoms with Gasteiger partial charge in [-0.05, 0) is 25.6 Å². The Morgan fingerprint density at radius 1 is 1.67 bits per heavy atom. The maximum Gasteiger partial charge on any atom is 0.111 e. The molecule has 0 saturated carbocycles. The van der Waals surface area contributed by atoms with Crippen molar-refractivity contribution in [2.75, 3.05) is 7.05 Å². The largest absolute Gasteiger partial charge is 0.302 e. The van der Waals surface area contributed by atoms with Gasteiger partial charge in [0, 0.05) is 6.20 Å². The second-order valence-electron chi connectivity index (χ2n) is 2.59. The smallest absolute Gasteiger partial charge is 0.111 e. The molecule has 0 fully saturated rings. The monoisotopic (exact) mass is 160 g/mol. The van der Waals surface area contributed by atoms with Crippen LogP contribution in [0.25, 0.3) is 0 Å². The fourth-order valence-corrected chi connectivity index (χ4v) is 1.10. The maximum absolute atomic E-state index is 5.33. The number of aryl methyl sites for hydroxylation is 1. The van der Waals surface area contributed by atoms with E-state index in [1.165, 1.54) is 0 Å². The van der Waals surface area contributed by atoms with E-state index >= 15 is 0 Å². The molecule has 0 bridgehead atoms. The first-order valence-electron chi connectivity index (χ1n) is 3.84. The van der Waals surface area contributed by atoms with Gasteiger partial charge in [-0.1, -0.05) is 12.0 Å². The number of pyridine rings is 1. The zero-order chi connectivity index (χ0) is 8.97. The molecule has 1 unspecified atom stereocenters. The lowest BCUT2D eigenvalue weighted by Gasteiger charge is -2.10. The number of aromatic nitrogens is 1. The Morgan fingerprint density at radius 3 is 2.92 bits per heavy atom. The van der Waals surface area contributed by atoms with Crippen molar-refractivity contribution in [3.05, 3.63) is 29.6 Å². The first-order valence-corrected chi connectivity index (χ1v) is 3.84. The number of nitrogens with one attached hydrogen (secondary N) is 1. The highest BCUT2D eigenvalue weighted by Gasteiger charge is 2.08. The highest BCUT2D eigenvalue weighted by atomic mass is 14.9. The summed E-state index contributed by atoms with van der Waals surface area (Å²) in [5.74, 6) is 2.64. The number of rotatable bonds is 2. The number of hydrogen-bond acceptors (Lipinski definition) is 2. The van der Waals surface area contributed by atoms with E-state index < -0.39 is 0 Å². The summed E-state index contributed by atoms with van der Waals surface area (Å²) in [6.45, 7) is 2.00. The maximum atomic E-state index is 5.33. The van der Waals surface area contributed by atoms with Gasteiger partial charge in [0.05, 0.1) is 5.69 Å². The van der Waals surface area contributed by atoms with Gasteiger partial charge in [-0.25, -0.2) is 0 Å². The summed E-state index contributed by atoms with van der Waals surface area (Å²) >= 11 is 0. The van der Waals surface area contributed by atoms with E-state index in [4.69, 9.17) is 6.42 Å². The molecule has 2 nitrogen and oxygen atoms in total. The molecule has 0 spiro atoms. The Hall–Kier alpha value is -1.33. The number of terminal acetylenes is 1. The molecule has 1 rings (SSSR count). The van der Waals surface area contributed by atoms with Crippen LogP contribution in [-0.4, -0.2) is 12.0 Å². The second kappa shape index (κ2) is 3.89. The predicted molar refractivity (Wildman–Crippen MR) is 49.6 cm³/mol. The van der Waals surface area contributed by atoms with Gasteiger partial charge in [0.15, 0.2) is 0 Å². The number of nitrogens with zero attached hydrogens (tertiary/aromatic N) is 1. The quantitative estimate of drug-likeness (QED) is 0.659. The molecule has 0 amide bonds. The lowest BCUT2D eigenvalue weighted by atomic mass is 10.1. The van der Waals surface area contributed by atoms with Crippen LogP contribution in [0.1, 0.15) is 17.3 Å². The molecule has 1 atom stereocenters. The van der Waals surface area contributed by atoms with E-state index in [1.807, 2.05) is 26.1 Å². The molecular weight excluding hydrogens is 148 g/mol. The minimum Gasteiger partial charge on any atom is -0.302 e. The van der Waals surface area contributed by atoms with Crippen molar-refractivity contribution in [1.29, 1.82) is 0 Å². The standard InChI is InChI=1S/C10H12N2/c1-4-9(11-3)10-8(2)6-5-7-12-10/h1,5-7,9,11H,2-3H3. The van der Waals surface area contributed by atoms with E-state index in [0.717, 1.165) is 11.3 Å². The molecule has 0 radical (unpaired) electrons. The highest BCUT2D eigenvalue weighted by Crippen LogP contribution is 2.12. The van der Waals surface area contributed by atoms with Gasteiger partial charge in [0.25, 0.3) is 0 Å². The molecule has 12 heavy (non-hydrogen) atoms. The minimum atomic E-state index is -0.0776. The normalized spacial score (nSPS) is 12.1. The lowest BCUT2D eigenvalue weighted by molar-refractivity contribution is 0.707. The minimum absolute atomic E-state index is 0.0776. The third-order valence-electron chi connectivity index (χ3n) is 1.78. The summed E-state index contributed by atoms with van der Waals surface area (Å²) in [5, 5.41) is 3.01. The Morgan fingerprint density at radius 2 is 2.42 bits per heavy atom. The Balaban J connectivity index is 3.02. The summed E-state index contributed by atoms with van der Waals surface area (Å²) in [5.41, 5.74) is 2.05. The molecule has 0 aliphatic heterocycles. The van der Waals surface area contributed by atoms with Crippen LogP contribution in [0.3, 0.4) is 0 Å². The molecule has 2 heteroatoms. The summed E-state index contributed by atoms with van der Waals surface area (Å²) in [6.07, 6.45) is 7.09. The van der Waals surface area contributed by atoms with Gasteiger partial charge >= 0.3 is 0 Å². The molecule has 1 aromatic rings. The Kier molecular flexibility index (Phi) is 2.84. The van der Waals surface area contributed by atoms with Crippen LogP contribution >= 0.6 is 0 Å². The highest BCUT2D eigenvalue weighted by molar-refractivity contribution is 5.26. The summed E-state index contributed by atoms with van der Waals surface area (Å²) in [4.78, 5) is 4.22. The SMILES string of the molecule is C#CC(NC)c1ncccc1C. The van der Waals surface area contributed by atoms with Gasteiger partial charge in [-0.2, -0.15) is 0 Å². The number of hydrogen-bond donors (Lipinski definition) is 1. The predicted octanol–water partition coefficient (Wildman–Crippen LogP) is 1.28. The lowest BCUT2D eigenvalue weighted by Crippen LogP contribution is -2.16. The van der Waals surface area contributed by atoms with Crippen LogP contribution in [0.15, 0.2) is 18.3 Å². The fraction of sp³-hybridized carbons (Fsp3) is 0.300. The molecule has 62 valence electrons. The van der Waals surface area contributed by atoms with Crippen molar-refractivity contribution >= 4 is 0 Å². The third-order valence-corrected chi connectivity index (χ3v) is 1.78. The van der Waals surface area contributed by atoms with Crippen LogP contribution in [0.4, 0.5) is 0 Å². The summed E-state index contributed by atoms with van der Waals surface area (Å²) in [7, 11) is 1.83. The first kappa shape index (κ1) is 8.76. The van der Waals surface area contributed by atoms with E-state index in [-0.39, 0.29) is 6.04 Å². The molecule has 0 aromatic carbocycles. The van der Waals surface area contributed by atoms with Crippen molar-refractivity contribution in [2.24, 2.45) is 0 Å². The van der Waals surface area contributed by atoms with Crippen molar-refractivity contribution in [3.63, 3.8) is 0 Å². The van der Waals surface area contributed by atoms with Crippen molar-refractivity contribution in [1.82, 2.24) is 10.3 Å². The van der Waals surface area contributed by atoms with Crippen molar-refractivity contribution in [3.8, 4) is 12.3 Å². The topological polar surface area (TPSA) is 24.9 Å². The van der Waals surface area contributed by atoms with Crippen molar-refractivity contribution in [2.45, 2.75) is 13.0 Å². The zero-order valence-electron chi connectivity index (χ0n) is 7.33. The third kappa shape index (κ3) is 1.63. The van der Waals surface area contributed by atoms with Crippen LogP contribution in [0.2, 0.25) is 0 Å². The van der Waals surface area contributed by atoms with Gasteiger partial charge in [0.2, 0.25) is 0 Å². The molecule has 0 saturated heterocycles. The Labute approximate surface area is 73.0 Å². The van der Waals surface area contributed by atoms with Gasteiger partial charge in [-0.3, -0.25) is 4.98 Å². The van der Waals surface area contributed by atoms with Gasteiger partial charge in [-0.15, -0.1) is 6.42 Å². The first-order chi connectivity index (χ1) is 5.79. The molecule has 1 heterocycles. The average Bonchev–Trinajstić information content (AvgIpc) is 2.10. The van der Waals surface area contributed by atoms with Crippen LogP contribution < -0.4 is 5.32 Å². The van der Waals surface area contributed by atoms with Gasteiger partial charge < -0.3 is 5.32 Å².